The van der Waals surface area contributed by atoms with Crippen LogP contribution in [0.25, 0.3) is 0 Å². The van der Waals surface area contributed by atoms with Crippen LogP contribution in [0.4, 0.5) is 0 Å². The van der Waals surface area contributed by atoms with Gasteiger partial charge in [-0.15, -0.1) is 0 Å². The first kappa shape index (κ1) is 8.97. The minimum absolute atomic E-state index is 0.0205. The number of methoxy groups -OCH3 is 1. The Labute approximate surface area is 77.5 Å². The second-order valence-electron chi connectivity index (χ2n) is 4.06. The summed E-state index contributed by atoms with van der Waals surface area (Å²) in [6.45, 7) is 1.13. The van der Waals surface area contributed by atoms with Crippen LogP contribution in [0, 0.1) is 5.92 Å². The van der Waals surface area contributed by atoms with Crippen LogP contribution >= 0.6 is 0 Å². The summed E-state index contributed by atoms with van der Waals surface area (Å²) >= 11 is 0. The zero-order valence-electron chi connectivity index (χ0n) is 7.82. The molecule has 4 nitrogen and oxygen atoms in total. The van der Waals surface area contributed by atoms with Gasteiger partial charge in [-0.3, -0.25) is 4.79 Å². The van der Waals surface area contributed by atoms with Crippen LogP contribution in [0.15, 0.2) is 0 Å². The first-order valence-corrected chi connectivity index (χ1v) is 4.65. The van der Waals surface area contributed by atoms with Crippen LogP contribution < -0.4 is 0 Å². The lowest BCUT2D eigenvalue weighted by atomic mass is 9.89. The van der Waals surface area contributed by atoms with E-state index in [1.165, 1.54) is 7.11 Å². The minimum Gasteiger partial charge on any atom is -0.386 e. The maximum atomic E-state index is 11.2. The van der Waals surface area contributed by atoms with Gasteiger partial charge in [0.2, 0.25) is 5.91 Å². The van der Waals surface area contributed by atoms with Gasteiger partial charge >= 0.3 is 0 Å². The topological polar surface area (TPSA) is 49.8 Å². The van der Waals surface area contributed by atoms with Gasteiger partial charge in [-0.1, -0.05) is 0 Å². The predicted molar refractivity (Wildman–Crippen MR) is 46.1 cm³/mol. The summed E-state index contributed by atoms with van der Waals surface area (Å²) in [6.07, 6.45) is 2.23. The molecule has 2 rings (SSSR count). The van der Waals surface area contributed by atoms with E-state index >= 15 is 0 Å². The number of carbonyl (C=O) groups excluding carboxylic acids is 1. The minimum atomic E-state index is -0.566. The van der Waals surface area contributed by atoms with Crippen LogP contribution in [-0.2, 0) is 9.53 Å². The number of nitrogens with zero attached hydrogens (tertiary/aromatic N) is 1. The number of hydrogen-bond donors (Lipinski definition) is 1. The first-order chi connectivity index (χ1) is 6.15. The maximum absolute atomic E-state index is 11.2. The third kappa shape index (κ3) is 1.56. The van der Waals surface area contributed by atoms with Crippen molar-refractivity contribution in [2.75, 3.05) is 26.8 Å². The van der Waals surface area contributed by atoms with E-state index in [9.17, 15) is 9.90 Å². The predicted octanol–water partition coefficient (Wildman–Crippen LogP) is -0.384. The lowest BCUT2D eigenvalue weighted by molar-refractivity contribution is -0.162. The molecule has 0 unspecified atom stereocenters. The number of rotatable bonds is 3. The summed E-state index contributed by atoms with van der Waals surface area (Å²) in [5.41, 5.74) is -0.566. The fourth-order valence-corrected chi connectivity index (χ4v) is 1.88. The molecular weight excluding hydrogens is 170 g/mol. The standard InChI is InChI=1S/C9H15NO3/c1-13-4-8(11)10-5-9(12,6-10)7-2-3-7/h7,12H,2-6H2,1H3. The normalized spacial score (nSPS) is 25.5. The van der Waals surface area contributed by atoms with E-state index in [4.69, 9.17) is 4.74 Å². The zero-order valence-corrected chi connectivity index (χ0v) is 7.82. The van der Waals surface area contributed by atoms with Gasteiger partial charge in [-0.2, -0.15) is 0 Å². The summed E-state index contributed by atoms with van der Waals surface area (Å²) in [5, 5.41) is 9.90. The van der Waals surface area contributed by atoms with E-state index in [0.29, 0.717) is 19.0 Å². The summed E-state index contributed by atoms with van der Waals surface area (Å²) in [5.74, 6) is 0.423. The van der Waals surface area contributed by atoms with Crippen LogP contribution in [0.3, 0.4) is 0 Å². The number of aliphatic hydroxyl groups is 1. The SMILES string of the molecule is COCC(=O)N1CC(O)(C2CC2)C1. The van der Waals surface area contributed by atoms with Crippen molar-refractivity contribution < 1.29 is 14.6 Å². The Morgan fingerprint density at radius 1 is 1.62 bits per heavy atom. The molecule has 0 aromatic rings. The Bertz CT molecular complexity index is 219. The Balaban J connectivity index is 1.79. The summed E-state index contributed by atoms with van der Waals surface area (Å²) in [6, 6.07) is 0. The van der Waals surface area contributed by atoms with E-state index in [-0.39, 0.29) is 12.5 Å². The van der Waals surface area contributed by atoms with Crippen molar-refractivity contribution in [3.63, 3.8) is 0 Å². The van der Waals surface area contributed by atoms with E-state index in [1.807, 2.05) is 0 Å². The molecule has 1 heterocycles. The Morgan fingerprint density at radius 3 is 2.69 bits per heavy atom. The fourth-order valence-electron chi connectivity index (χ4n) is 1.88. The largest absolute Gasteiger partial charge is 0.386 e. The van der Waals surface area contributed by atoms with Crippen molar-refractivity contribution in [2.24, 2.45) is 5.92 Å². The number of β-amino-alcohol motifs (C(OH)–C–C–N with tert-alkyl or cyclic N) is 1. The van der Waals surface area contributed by atoms with E-state index < -0.39 is 5.60 Å². The molecule has 0 radical (unpaired) electrons. The highest BCUT2D eigenvalue weighted by Gasteiger charge is 2.53. The van der Waals surface area contributed by atoms with E-state index in [0.717, 1.165) is 12.8 Å². The molecule has 2 fully saturated rings. The molecule has 1 aliphatic heterocycles. The Morgan fingerprint density at radius 2 is 2.23 bits per heavy atom. The van der Waals surface area contributed by atoms with Crippen LogP contribution in [-0.4, -0.2) is 48.3 Å². The molecule has 1 aliphatic carbocycles. The summed E-state index contributed by atoms with van der Waals surface area (Å²) in [4.78, 5) is 12.9. The Kier molecular flexibility index (Phi) is 2.04. The van der Waals surface area contributed by atoms with Gasteiger partial charge in [0.1, 0.15) is 12.2 Å². The Hall–Kier alpha value is -0.610. The lowest BCUT2D eigenvalue weighted by Gasteiger charge is -2.46. The van der Waals surface area contributed by atoms with Crippen molar-refractivity contribution in [1.82, 2.24) is 4.90 Å². The third-order valence-corrected chi connectivity index (χ3v) is 2.89. The molecule has 13 heavy (non-hydrogen) atoms. The van der Waals surface area contributed by atoms with E-state index in [1.54, 1.807) is 4.90 Å². The number of carbonyl (C=O) groups is 1. The van der Waals surface area contributed by atoms with Crippen molar-refractivity contribution in [3.05, 3.63) is 0 Å². The van der Waals surface area contributed by atoms with Crippen molar-refractivity contribution in [3.8, 4) is 0 Å². The van der Waals surface area contributed by atoms with Crippen LogP contribution in [0.5, 0.6) is 0 Å². The summed E-state index contributed by atoms with van der Waals surface area (Å²) < 4.78 is 4.73. The lowest BCUT2D eigenvalue weighted by Crippen LogP contribution is -2.65. The second kappa shape index (κ2) is 2.96. The van der Waals surface area contributed by atoms with Gasteiger partial charge in [0.25, 0.3) is 0 Å². The zero-order chi connectivity index (χ0) is 9.47. The number of ether oxygens (including phenoxy) is 1. The molecule has 1 saturated heterocycles. The first-order valence-electron chi connectivity index (χ1n) is 4.65. The molecule has 0 atom stereocenters. The molecule has 0 spiro atoms. The maximum Gasteiger partial charge on any atom is 0.248 e. The molecule has 1 N–H and O–H groups in total. The molecule has 2 aliphatic rings. The highest BCUT2D eigenvalue weighted by molar-refractivity contribution is 5.78. The molecular formula is C9H15NO3. The van der Waals surface area contributed by atoms with Gasteiger partial charge in [0, 0.05) is 7.11 Å². The summed E-state index contributed by atoms with van der Waals surface area (Å²) in [7, 11) is 1.50. The van der Waals surface area contributed by atoms with Gasteiger partial charge in [0.15, 0.2) is 0 Å². The molecule has 74 valence electrons. The van der Waals surface area contributed by atoms with Crippen LogP contribution in [0.1, 0.15) is 12.8 Å². The van der Waals surface area contributed by atoms with Gasteiger partial charge in [-0.05, 0) is 18.8 Å². The molecule has 0 bridgehead atoms. The van der Waals surface area contributed by atoms with Crippen molar-refractivity contribution in [1.29, 1.82) is 0 Å². The van der Waals surface area contributed by atoms with Crippen molar-refractivity contribution >= 4 is 5.91 Å². The van der Waals surface area contributed by atoms with Crippen molar-refractivity contribution in [2.45, 2.75) is 18.4 Å². The number of likely N-dealkylation sites (tertiary alicyclic amines) is 1. The number of amides is 1. The highest BCUT2D eigenvalue weighted by Crippen LogP contribution is 2.44. The second-order valence-corrected chi connectivity index (χ2v) is 4.06. The molecule has 1 amide bonds. The molecule has 1 saturated carbocycles. The fraction of sp³-hybridized carbons (Fsp3) is 0.889. The van der Waals surface area contributed by atoms with Gasteiger partial charge in [0.05, 0.1) is 13.1 Å². The molecule has 4 heteroatoms. The smallest absolute Gasteiger partial charge is 0.248 e. The third-order valence-electron chi connectivity index (χ3n) is 2.89. The number of hydrogen-bond acceptors (Lipinski definition) is 3. The van der Waals surface area contributed by atoms with Gasteiger partial charge in [-0.25, -0.2) is 0 Å². The van der Waals surface area contributed by atoms with E-state index in [2.05, 4.69) is 0 Å². The molecule has 0 aromatic heterocycles. The quantitative estimate of drug-likeness (QED) is 0.652. The highest BCUT2D eigenvalue weighted by atomic mass is 16.5. The van der Waals surface area contributed by atoms with Gasteiger partial charge < -0.3 is 14.7 Å². The average Bonchev–Trinajstić information content (AvgIpc) is 2.81. The molecule has 0 aromatic carbocycles. The van der Waals surface area contributed by atoms with Crippen LogP contribution in [0.2, 0.25) is 0 Å². The average molecular weight is 185 g/mol. The monoisotopic (exact) mass is 185 g/mol.